The second-order valence-electron chi connectivity index (χ2n) is 3.09. The monoisotopic (exact) mass is 228 g/mol. The summed E-state index contributed by atoms with van der Waals surface area (Å²) in [6.45, 7) is 4.19. The predicted octanol–water partition coefficient (Wildman–Crippen LogP) is -0.0354. The zero-order valence-corrected chi connectivity index (χ0v) is 8.76. The molecule has 16 heavy (non-hydrogen) atoms. The molecular weight excluding hydrogens is 216 g/mol. The Bertz CT molecular complexity index is 330. The SMILES string of the molecule is C=C(C)C(=O)C(CC(=O)O)C(=O)OCC=O. The lowest BCUT2D eigenvalue weighted by Gasteiger charge is -2.11. The maximum absolute atomic E-state index is 11.4. The van der Waals surface area contributed by atoms with Gasteiger partial charge < -0.3 is 9.84 Å². The summed E-state index contributed by atoms with van der Waals surface area (Å²) in [4.78, 5) is 43.1. The molecule has 0 aliphatic carbocycles. The fraction of sp³-hybridized carbons (Fsp3) is 0.400. The molecule has 0 radical (unpaired) electrons. The molecule has 0 heterocycles. The number of ketones is 1. The van der Waals surface area contributed by atoms with Crippen molar-refractivity contribution in [1.29, 1.82) is 0 Å². The van der Waals surface area contributed by atoms with E-state index in [1.165, 1.54) is 6.92 Å². The van der Waals surface area contributed by atoms with Gasteiger partial charge in [0.25, 0.3) is 0 Å². The molecule has 6 nitrogen and oxygen atoms in total. The van der Waals surface area contributed by atoms with Gasteiger partial charge in [-0.05, 0) is 12.5 Å². The molecule has 0 saturated heterocycles. The van der Waals surface area contributed by atoms with Crippen molar-refractivity contribution in [2.45, 2.75) is 13.3 Å². The van der Waals surface area contributed by atoms with Crippen molar-refractivity contribution in [3.05, 3.63) is 12.2 Å². The van der Waals surface area contributed by atoms with E-state index < -0.39 is 36.7 Å². The number of Topliss-reactive ketones (excluding diaryl/α,β-unsaturated/α-hetero) is 1. The van der Waals surface area contributed by atoms with Gasteiger partial charge in [-0.25, -0.2) is 0 Å². The van der Waals surface area contributed by atoms with Crippen LogP contribution >= 0.6 is 0 Å². The summed E-state index contributed by atoms with van der Waals surface area (Å²) in [5.41, 5.74) is 0.0642. The number of rotatable bonds is 7. The highest BCUT2D eigenvalue weighted by atomic mass is 16.5. The van der Waals surface area contributed by atoms with E-state index in [9.17, 15) is 19.2 Å². The van der Waals surface area contributed by atoms with Gasteiger partial charge in [0.1, 0.15) is 12.5 Å². The zero-order valence-electron chi connectivity index (χ0n) is 8.76. The molecule has 0 aliphatic heterocycles. The number of aliphatic carboxylic acids is 1. The molecule has 1 unspecified atom stereocenters. The van der Waals surface area contributed by atoms with E-state index in [2.05, 4.69) is 11.3 Å². The highest BCUT2D eigenvalue weighted by Crippen LogP contribution is 2.12. The van der Waals surface area contributed by atoms with Crippen molar-refractivity contribution < 1.29 is 29.0 Å². The molecule has 0 rings (SSSR count). The third-order valence-corrected chi connectivity index (χ3v) is 1.69. The van der Waals surface area contributed by atoms with Gasteiger partial charge in [-0.3, -0.25) is 19.2 Å². The fourth-order valence-electron chi connectivity index (χ4n) is 0.972. The summed E-state index contributed by atoms with van der Waals surface area (Å²) in [7, 11) is 0. The Hall–Kier alpha value is -1.98. The van der Waals surface area contributed by atoms with Crippen molar-refractivity contribution in [3.8, 4) is 0 Å². The second-order valence-corrected chi connectivity index (χ2v) is 3.09. The molecular formula is C10H12O6. The third kappa shape index (κ3) is 4.50. The summed E-state index contributed by atoms with van der Waals surface area (Å²) in [6, 6.07) is 0. The number of carbonyl (C=O) groups excluding carboxylic acids is 3. The van der Waals surface area contributed by atoms with E-state index in [0.29, 0.717) is 6.29 Å². The number of hydrogen-bond acceptors (Lipinski definition) is 5. The Morgan fingerprint density at radius 3 is 2.38 bits per heavy atom. The summed E-state index contributed by atoms with van der Waals surface area (Å²) < 4.78 is 4.39. The Labute approximate surface area is 91.9 Å². The molecule has 0 bridgehead atoms. The van der Waals surface area contributed by atoms with Crippen LogP contribution in [0.5, 0.6) is 0 Å². The van der Waals surface area contributed by atoms with Crippen LogP contribution in [0.25, 0.3) is 0 Å². The van der Waals surface area contributed by atoms with Crippen LogP contribution in [0.3, 0.4) is 0 Å². The molecule has 0 saturated carbocycles. The van der Waals surface area contributed by atoms with Gasteiger partial charge in [0.05, 0.1) is 6.42 Å². The van der Waals surface area contributed by atoms with Gasteiger partial charge in [0, 0.05) is 0 Å². The molecule has 88 valence electrons. The van der Waals surface area contributed by atoms with Gasteiger partial charge in [0.15, 0.2) is 12.1 Å². The Morgan fingerprint density at radius 1 is 1.44 bits per heavy atom. The van der Waals surface area contributed by atoms with Crippen molar-refractivity contribution >= 4 is 24.0 Å². The highest BCUT2D eigenvalue weighted by Gasteiger charge is 2.30. The third-order valence-electron chi connectivity index (χ3n) is 1.69. The number of aldehydes is 1. The van der Waals surface area contributed by atoms with Crippen LogP contribution in [0.2, 0.25) is 0 Å². The minimum Gasteiger partial charge on any atom is -0.481 e. The quantitative estimate of drug-likeness (QED) is 0.284. The van der Waals surface area contributed by atoms with Crippen molar-refractivity contribution in [2.24, 2.45) is 5.92 Å². The van der Waals surface area contributed by atoms with E-state index in [1.54, 1.807) is 0 Å². The first-order valence-electron chi connectivity index (χ1n) is 4.42. The number of carbonyl (C=O) groups is 4. The molecule has 0 aromatic heterocycles. The number of allylic oxidation sites excluding steroid dienone is 1. The lowest BCUT2D eigenvalue weighted by atomic mass is 9.96. The molecule has 1 N–H and O–H groups in total. The molecule has 1 atom stereocenters. The van der Waals surface area contributed by atoms with E-state index in [0.717, 1.165) is 0 Å². The van der Waals surface area contributed by atoms with Crippen LogP contribution in [0, 0.1) is 5.92 Å². The molecule has 0 spiro atoms. The normalized spacial score (nSPS) is 11.3. The molecule has 0 amide bonds. The van der Waals surface area contributed by atoms with Crippen LogP contribution in [0.15, 0.2) is 12.2 Å². The Morgan fingerprint density at radius 2 is 2.00 bits per heavy atom. The van der Waals surface area contributed by atoms with Gasteiger partial charge in [-0.2, -0.15) is 0 Å². The van der Waals surface area contributed by atoms with Crippen LogP contribution in [0.1, 0.15) is 13.3 Å². The van der Waals surface area contributed by atoms with Crippen LogP contribution in [0.4, 0.5) is 0 Å². The van der Waals surface area contributed by atoms with Gasteiger partial charge in [0.2, 0.25) is 0 Å². The van der Waals surface area contributed by atoms with Gasteiger partial charge >= 0.3 is 11.9 Å². The molecule has 0 aliphatic rings. The van der Waals surface area contributed by atoms with E-state index in [1.807, 2.05) is 0 Å². The summed E-state index contributed by atoms with van der Waals surface area (Å²) in [6.07, 6.45) is -0.343. The van der Waals surface area contributed by atoms with E-state index >= 15 is 0 Å². The van der Waals surface area contributed by atoms with Gasteiger partial charge in [-0.1, -0.05) is 6.58 Å². The summed E-state index contributed by atoms with van der Waals surface area (Å²) in [5.74, 6) is -4.46. The lowest BCUT2D eigenvalue weighted by molar-refractivity contribution is -0.156. The Kier molecular flexibility index (Phi) is 5.69. The van der Waals surface area contributed by atoms with E-state index in [4.69, 9.17) is 5.11 Å². The van der Waals surface area contributed by atoms with Gasteiger partial charge in [-0.15, -0.1) is 0 Å². The molecule has 0 fully saturated rings. The van der Waals surface area contributed by atoms with Crippen molar-refractivity contribution in [3.63, 3.8) is 0 Å². The number of carboxylic acids is 1. The Balaban J connectivity index is 4.71. The first kappa shape index (κ1) is 14.0. The molecule has 0 aromatic rings. The minimum atomic E-state index is -1.44. The number of hydrogen-bond donors (Lipinski definition) is 1. The first-order chi connectivity index (χ1) is 7.40. The maximum atomic E-state index is 11.4. The summed E-state index contributed by atoms with van der Waals surface area (Å²) in [5, 5.41) is 8.53. The molecule has 6 heteroatoms. The first-order valence-corrected chi connectivity index (χ1v) is 4.42. The molecule has 0 aromatic carbocycles. The minimum absolute atomic E-state index is 0.0642. The lowest BCUT2D eigenvalue weighted by Crippen LogP contribution is -2.29. The number of carboxylic acid groups (broad SMARTS) is 1. The number of ether oxygens (including phenoxy) is 1. The second kappa shape index (κ2) is 6.49. The van der Waals surface area contributed by atoms with Crippen molar-refractivity contribution in [2.75, 3.05) is 6.61 Å². The number of esters is 1. The average molecular weight is 228 g/mol. The highest BCUT2D eigenvalue weighted by molar-refractivity contribution is 6.09. The predicted molar refractivity (Wildman–Crippen MR) is 52.6 cm³/mol. The largest absolute Gasteiger partial charge is 0.481 e. The maximum Gasteiger partial charge on any atom is 0.317 e. The fourth-order valence-corrected chi connectivity index (χ4v) is 0.972. The van der Waals surface area contributed by atoms with Crippen LogP contribution in [-0.2, 0) is 23.9 Å². The smallest absolute Gasteiger partial charge is 0.317 e. The summed E-state index contributed by atoms with van der Waals surface area (Å²) >= 11 is 0. The zero-order chi connectivity index (χ0) is 12.7. The average Bonchev–Trinajstić information content (AvgIpc) is 2.21. The van der Waals surface area contributed by atoms with Crippen molar-refractivity contribution in [1.82, 2.24) is 0 Å². The van der Waals surface area contributed by atoms with Crippen LogP contribution < -0.4 is 0 Å². The standard InChI is InChI=1S/C10H12O6/c1-6(2)9(14)7(5-8(12)13)10(15)16-4-3-11/h3,7H,1,4-5H2,2H3,(H,12,13). The van der Waals surface area contributed by atoms with E-state index in [-0.39, 0.29) is 5.57 Å². The topological polar surface area (TPSA) is 97.7 Å². The van der Waals surface area contributed by atoms with Crippen LogP contribution in [-0.4, -0.2) is 35.7 Å².